The summed E-state index contributed by atoms with van der Waals surface area (Å²) in [6, 6.07) is -1.76. The number of hydrogen-bond acceptors (Lipinski definition) is 6. The summed E-state index contributed by atoms with van der Waals surface area (Å²) < 4.78 is 0. The second kappa shape index (κ2) is 13.5. The molecule has 39 heavy (non-hydrogen) atoms. The highest BCUT2D eigenvalue weighted by Crippen LogP contribution is 2.36. The Labute approximate surface area is 230 Å². The van der Waals surface area contributed by atoms with Crippen molar-refractivity contribution >= 4 is 29.8 Å². The lowest BCUT2D eigenvalue weighted by molar-refractivity contribution is -0.167. The van der Waals surface area contributed by atoms with Crippen LogP contribution in [0.15, 0.2) is 0 Å². The largest absolute Gasteiger partial charge is 0.480 e. The minimum atomic E-state index is -1.18. The highest BCUT2D eigenvalue weighted by atomic mass is 16.4. The molecule has 3 atom stereocenters. The normalized spacial score (nSPS) is 26.4. The van der Waals surface area contributed by atoms with E-state index in [1.807, 2.05) is 0 Å². The molecule has 12 nitrogen and oxygen atoms in total. The number of piperazine rings is 1. The summed E-state index contributed by atoms with van der Waals surface area (Å²) in [5.41, 5.74) is 5.61. The number of carboxylic acids is 1. The van der Waals surface area contributed by atoms with Crippen LogP contribution in [0.2, 0.25) is 0 Å². The zero-order chi connectivity index (χ0) is 27.9. The van der Waals surface area contributed by atoms with Gasteiger partial charge in [0.05, 0.1) is 5.92 Å². The van der Waals surface area contributed by atoms with Crippen molar-refractivity contribution < 1.29 is 24.3 Å². The minimum Gasteiger partial charge on any atom is -0.480 e. The van der Waals surface area contributed by atoms with E-state index in [2.05, 4.69) is 4.90 Å². The van der Waals surface area contributed by atoms with Crippen LogP contribution in [0.5, 0.6) is 0 Å². The molecular formula is C27H45N7O5. The Morgan fingerprint density at radius 3 is 2.23 bits per heavy atom. The molecule has 4 heterocycles. The summed E-state index contributed by atoms with van der Waals surface area (Å²) in [4.78, 5) is 59.2. The highest BCUT2D eigenvalue weighted by Gasteiger charge is 2.56. The summed E-state index contributed by atoms with van der Waals surface area (Å²) >= 11 is 0. The zero-order valence-corrected chi connectivity index (χ0v) is 23.1. The summed E-state index contributed by atoms with van der Waals surface area (Å²) in [6.45, 7) is 6.07. The number of carbonyl (C=O) groups is 4. The van der Waals surface area contributed by atoms with Gasteiger partial charge in [-0.2, -0.15) is 0 Å². The van der Waals surface area contributed by atoms with E-state index in [0.717, 1.165) is 43.5 Å². The molecule has 4 rings (SSSR count). The van der Waals surface area contributed by atoms with E-state index in [1.165, 1.54) is 37.3 Å². The number of nitrogens with two attached hydrogens (primary N) is 1. The van der Waals surface area contributed by atoms with Gasteiger partial charge in [-0.3, -0.25) is 15.0 Å². The lowest BCUT2D eigenvalue weighted by Gasteiger charge is -2.47. The van der Waals surface area contributed by atoms with Crippen LogP contribution in [0, 0.1) is 17.2 Å². The van der Waals surface area contributed by atoms with Crippen LogP contribution in [-0.4, -0.2) is 124 Å². The van der Waals surface area contributed by atoms with Crippen molar-refractivity contribution in [1.29, 1.82) is 5.41 Å². The lowest BCUT2D eigenvalue weighted by Crippen LogP contribution is -2.70. The molecule has 0 saturated carbocycles. The first-order chi connectivity index (χ1) is 18.8. The molecule has 0 aromatic heterocycles. The molecule has 0 radical (unpaired) electrons. The molecule has 4 fully saturated rings. The van der Waals surface area contributed by atoms with Gasteiger partial charge in [0, 0.05) is 45.7 Å². The van der Waals surface area contributed by atoms with Crippen LogP contribution in [0.1, 0.15) is 64.2 Å². The van der Waals surface area contributed by atoms with Crippen LogP contribution in [-0.2, 0) is 14.4 Å². The van der Waals surface area contributed by atoms with E-state index in [4.69, 9.17) is 11.1 Å². The van der Waals surface area contributed by atoms with Gasteiger partial charge in [-0.05, 0) is 70.5 Å². The van der Waals surface area contributed by atoms with Crippen molar-refractivity contribution in [3.05, 3.63) is 0 Å². The van der Waals surface area contributed by atoms with Gasteiger partial charge in [0.25, 0.3) is 0 Å². The maximum Gasteiger partial charge on any atom is 0.327 e. The second-order valence-electron chi connectivity index (χ2n) is 11.5. The summed E-state index contributed by atoms with van der Waals surface area (Å²) in [7, 11) is 0. The molecule has 0 aromatic rings. The second-order valence-corrected chi connectivity index (χ2v) is 11.5. The smallest absolute Gasteiger partial charge is 0.327 e. The third kappa shape index (κ3) is 7.20. The van der Waals surface area contributed by atoms with Crippen molar-refractivity contribution in [3.63, 3.8) is 0 Å². The maximum atomic E-state index is 13.1. The number of nitrogens with one attached hydrogen (secondary N) is 1. The number of unbranched alkanes of at least 4 members (excludes halogenated alkanes) is 2. The van der Waals surface area contributed by atoms with E-state index in [9.17, 15) is 24.3 Å². The Balaban J connectivity index is 1.19. The molecule has 0 bridgehead atoms. The number of carbonyl (C=O) groups excluding carboxylic acids is 3. The molecule has 3 unspecified atom stereocenters. The van der Waals surface area contributed by atoms with Gasteiger partial charge < -0.3 is 30.4 Å². The molecule has 4 N–H and O–H groups in total. The van der Waals surface area contributed by atoms with Crippen LogP contribution in [0.25, 0.3) is 0 Å². The number of rotatable bonds is 9. The van der Waals surface area contributed by atoms with Crippen molar-refractivity contribution in [2.24, 2.45) is 17.6 Å². The summed E-state index contributed by atoms with van der Waals surface area (Å²) in [5, 5.41) is 17.5. The van der Waals surface area contributed by atoms with E-state index in [0.29, 0.717) is 39.0 Å². The topological polar surface area (TPSA) is 155 Å². The van der Waals surface area contributed by atoms with Crippen molar-refractivity contribution in [2.45, 2.75) is 70.3 Å². The lowest BCUT2D eigenvalue weighted by atomic mass is 9.78. The van der Waals surface area contributed by atoms with E-state index >= 15 is 0 Å². The minimum absolute atomic E-state index is 0.0169. The third-order valence-electron chi connectivity index (χ3n) is 8.84. The van der Waals surface area contributed by atoms with Crippen LogP contribution < -0.4 is 5.73 Å². The number of guanidine groups is 1. The van der Waals surface area contributed by atoms with Gasteiger partial charge in [-0.25, -0.2) is 14.5 Å². The number of hydrogen-bond donors (Lipinski definition) is 3. The van der Waals surface area contributed by atoms with Crippen molar-refractivity contribution in [3.8, 4) is 0 Å². The average molecular weight is 548 g/mol. The fourth-order valence-electron chi connectivity index (χ4n) is 6.54. The number of aliphatic carboxylic acids is 1. The molecule has 4 aliphatic heterocycles. The van der Waals surface area contributed by atoms with Gasteiger partial charge in [-0.1, -0.05) is 12.8 Å². The number of amides is 4. The first kappa shape index (κ1) is 29.1. The van der Waals surface area contributed by atoms with E-state index in [-0.39, 0.29) is 30.9 Å². The fourth-order valence-corrected chi connectivity index (χ4v) is 6.54. The number of nitrogens with zero attached hydrogens (tertiary/aromatic N) is 5. The van der Waals surface area contributed by atoms with Gasteiger partial charge in [-0.15, -0.1) is 0 Å². The molecule has 0 aliphatic carbocycles. The Bertz CT molecular complexity index is 916. The summed E-state index contributed by atoms with van der Waals surface area (Å²) in [5.74, 6) is -2.25. The van der Waals surface area contributed by atoms with Crippen molar-refractivity contribution in [2.75, 3.05) is 58.9 Å². The van der Waals surface area contributed by atoms with Crippen molar-refractivity contribution in [1.82, 2.24) is 24.5 Å². The Morgan fingerprint density at radius 1 is 0.872 bits per heavy atom. The van der Waals surface area contributed by atoms with Crippen LogP contribution in [0.3, 0.4) is 0 Å². The first-order valence-corrected chi connectivity index (χ1v) is 14.7. The van der Waals surface area contributed by atoms with Crippen LogP contribution >= 0.6 is 0 Å². The maximum absolute atomic E-state index is 13.1. The SMILES string of the molecule is N=C(N)N1CCCC(CC2C(=O)N(C(=O)N3CCN(C(=O)CCCCCN4CCCCC4)CC3)C2C(=O)O)C1. The van der Waals surface area contributed by atoms with Gasteiger partial charge in [0.1, 0.15) is 0 Å². The van der Waals surface area contributed by atoms with Gasteiger partial charge in [0.15, 0.2) is 12.0 Å². The molecule has 4 amide bonds. The van der Waals surface area contributed by atoms with Gasteiger partial charge >= 0.3 is 12.0 Å². The molecule has 4 saturated heterocycles. The highest BCUT2D eigenvalue weighted by molar-refractivity contribution is 6.07. The number of likely N-dealkylation sites (tertiary alicyclic amines) is 3. The Kier molecular flexibility index (Phi) is 10.0. The average Bonchev–Trinajstić information content (AvgIpc) is 2.94. The quantitative estimate of drug-likeness (QED) is 0.168. The van der Waals surface area contributed by atoms with E-state index < -0.39 is 29.9 Å². The third-order valence-corrected chi connectivity index (χ3v) is 8.84. The molecular weight excluding hydrogens is 502 g/mol. The molecule has 218 valence electrons. The van der Waals surface area contributed by atoms with Crippen LogP contribution in [0.4, 0.5) is 4.79 Å². The van der Waals surface area contributed by atoms with E-state index in [1.54, 1.807) is 9.80 Å². The van der Waals surface area contributed by atoms with Gasteiger partial charge in [0.2, 0.25) is 11.8 Å². The molecule has 12 heteroatoms. The number of urea groups is 1. The number of piperidine rings is 2. The standard InChI is InChI=1S/C27H45N7O5/c28-26(29)33-13-7-8-20(19-33)18-21-23(25(37)38)34(24(21)36)27(39)32-16-14-31(15-17-32)22(35)9-3-1-4-10-30-11-5-2-6-12-30/h20-21,23H,1-19H2,(H3,28,29)(H,37,38). The molecule has 0 aromatic carbocycles. The number of imide groups is 1. The zero-order valence-electron chi connectivity index (χ0n) is 23.1. The monoisotopic (exact) mass is 547 g/mol. The predicted molar refractivity (Wildman–Crippen MR) is 145 cm³/mol. The summed E-state index contributed by atoms with van der Waals surface area (Å²) in [6.07, 6.45) is 9.45. The predicted octanol–water partition coefficient (Wildman–Crippen LogP) is 1.20. The Hall–Kier alpha value is -2.89. The molecule has 4 aliphatic rings. The number of carboxylic acid groups (broad SMARTS) is 1. The Morgan fingerprint density at radius 2 is 1.56 bits per heavy atom. The first-order valence-electron chi connectivity index (χ1n) is 14.7. The number of β-lactam (4-membered cyclic amide) rings is 1. The molecule has 0 spiro atoms. The fraction of sp³-hybridized carbons (Fsp3) is 0.815.